The lowest BCUT2D eigenvalue weighted by atomic mass is 10.1. The quantitative estimate of drug-likeness (QED) is 0.706. The van der Waals surface area contributed by atoms with Crippen LogP contribution in [0.3, 0.4) is 0 Å². The van der Waals surface area contributed by atoms with Crippen LogP contribution in [0.2, 0.25) is 0 Å². The number of hydrogen-bond donors (Lipinski definition) is 3. The Bertz CT molecular complexity index is 661. The van der Waals surface area contributed by atoms with Gasteiger partial charge in [0.05, 0.1) is 11.4 Å². The fourth-order valence-electron chi connectivity index (χ4n) is 1.77. The van der Waals surface area contributed by atoms with Crippen molar-refractivity contribution in [3.8, 4) is 0 Å². The summed E-state index contributed by atoms with van der Waals surface area (Å²) in [6.07, 6.45) is 0. The molecule has 0 bridgehead atoms. The molecule has 1 aromatic rings. The molecule has 0 saturated carbocycles. The van der Waals surface area contributed by atoms with Crippen LogP contribution in [-0.4, -0.2) is 38.9 Å². The van der Waals surface area contributed by atoms with Crippen LogP contribution in [0.25, 0.3) is 0 Å². The first-order valence-corrected chi connectivity index (χ1v) is 8.72. The van der Waals surface area contributed by atoms with Gasteiger partial charge in [-0.25, -0.2) is 13.1 Å². The van der Waals surface area contributed by atoms with Crippen LogP contribution in [0.5, 0.6) is 0 Å². The highest BCUT2D eigenvalue weighted by Gasteiger charge is 2.22. The summed E-state index contributed by atoms with van der Waals surface area (Å²) in [6, 6.07) is 5.53. The monoisotopic (exact) mass is 341 g/mol. The first-order valence-electron chi connectivity index (χ1n) is 7.24. The largest absolute Gasteiger partial charge is 0.355 e. The summed E-state index contributed by atoms with van der Waals surface area (Å²) in [6.45, 7) is 7.37. The van der Waals surface area contributed by atoms with Crippen LogP contribution in [0.4, 0.5) is 0 Å². The highest BCUT2D eigenvalue weighted by atomic mass is 32.2. The average molecular weight is 341 g/mol. The average Bonchev–Trinajstić information content (AvgIpc) is 2.43. The number of likely N-dealkylation sites (N-methyl/N-ethyl adjacent to an activating group) is 1. The summed E-state index contributed by atoms with van der Waals surface area (Å²) in [4.78, 5) is 23.2. The molecule has 128 valence electrons. The molecule has 0 atom stereocenters. The van der Waals surface area contributed by atoms with Gasteiger partial charge in [0, 0.05) is 17.6 Å². The molecule has 0 aromatic heterocycles. The zero-order valence-corrected chi connectivity index (χ0v) is 14.6. The zero-order chi connectivity index (χ0) is 17.7. The lowest BCUT2D eigenvalue weighted by Gasteiger charge is -2.20. The van der Waals surface area contributed by atoms with Gasteiger partial charge in [0.15, 0.2) is 0 Å². The number of rotatable bonds is 6. The molecule has 3 N–H and O–H groups in total. The van der Waals surface area contributed by atoms with Crippen LogP contribution < -0.4 is 15.4 Å². The molecule has 0 heterocycles. The van der Waals surface area contributed by atoms with Crippen LogP contribution in [0, 0.1) is 0 Å². The van der Waals surface area contributed by atoms with Gasteiger partial charge in [-0.2, -0.15) is 0 Å². The highest BCUT2D eigenvalue weighted by Crippen LogP contribution is 2.13. The van der Waals surface area contributed by atoms with E-state index in [-0.39, 0.29) is 22.9 Å². The van der Waals surface area contributed by atoms with E-state index < -0.39 is 21.5 Å². The Hall–Kier alpha value is -1.93. The number of benzene rings is 1. The number of sulfonamides is 1. The van der Waals surface area contributed by atoms with Crippen LogP contribution in [0.1, 0.15) is 38.1 Å². The fourth-order valence-corrected chi connectivity index (χ4v) is 3.19. The Kier molecular flexibility index (Phi) is 6.28. The maximum Gasteiger partial charge on any atom is 0.251 e. The van der Waals surface area contributed by atoms with Crippen LogP contribution >= 0.6 is 0 Å². The Morgan fingerprint density at radius 1 is 1.04 bits per heavy atom. The van der Waals surface area contributed by atoms with Crippen molar-refractivity contribution in [1.29, 1.82) is 0 Å². The molecule has 0 radical (unpaired) electrons. The molecular weight excluding hydrogens is 318 g/mol. The molecule has 2 amide bonds. The van der Waals surface area contributed by atoms with Gasteiger partial charge in [-0.1, -0.05) is 0 Å². The van der Waals surface area contributed by atoms with Crippen molar-refractivity contribution in [3.63, 3.8) is 0 Å². The molecule has 0 spiro atoms. The van der Waals surface area contributed by atoms with Crippen molar-refractivity contribution in [2.75, 3.05) is 13.1 Å². The van der Waals surface area contributed by atoms with E-state index in [9.17, 15) is 18.0 Å². The van der Waals surface area contributed by atoms with Crippen molar-refractivity contribution in [2.24, 2.45) is 0 Å². The first kappa shape index (κ1) is 19.1. The molecule has 23 heavy (non-hydrogen) atoms. The smallest absolute Gasteiger partial charge is 0.251 e. The molecular formula is C15H23N3O4S. The van der Waals surface area contributed by atoms with E-state index in [2.05, 4.69) is 15.4 Å². The summed E-state index contributed by atoms with van der Waals surface area (Å²) < 4.78 is 26.8. The summed E-state index contributed by atoms with van der Waals surface area (Å²) in [5, 5.41) is 5.03. The number of carbonyl (C=O) groups excluding carboxylic acids is 2. The van der Waals surface area contributed by atoms with Crippen LogP contribution in [0.15, 0.2) is 29.2 Å². The Labute approximate surface area is 136 Å². The third-order valence-corrected chi connectivity index (χ3v) is 4.42. The van der Waals surface area contributed by atoms with Gasteiger partial charge >= 0.3 is 0 Å². The third-order valence-electron chi connectivity index (χ3n) is 2.65. The van der Waals surface area contributed by atoms with Gasteiger partial charge in [-0.15, -0.1) is 0 Å². The zero-order valence-electron chi connectivity index (χ0n) is 13.8. The molecule has 1 rings (SSSR count). The van der Waals surface area contributed by atoms with E-state index in [0.717, 1.165) is 0 Å². The van der Waals surface area contributed by atoms with E-state index in [0.29, 0.717) is 6.54 Å². The molecule has 0 unspecified atom stereocenters. The van der Waals surface area contributed by atoms with E-state index in [1.807, 2.05) is 0 Å². The molecule has 8 heteroatoms. The summed E-state index contributed by atoms with van der Waals surface area (Å²) in [5.41, 5.74) is -0.314. The van der Waals surface area contributed by atoms with E-state index in [4.69, 9.17) is 0 Å². The molecule has 1 aromatic carbocycles. The van der Waals surface area contributed by atoms with Crippen molar-refractivity contribution in [1.82, 2.24) is 15.4 Å². The minimum absolute atomic E-state index is 0.0766. The van der Waals surface area contributed by atoms with Crippen LogP contribution in [-0.2, 0) is 14.8 Å². The van der Waals surface area contributed by atoms with Crippen molar-refractivity contribution in [3.05, 3.63) is 29.8 Å². The van der Waals surface area contributed by atoms with Gasteiger partial charge in [0.25, 0.3) is 5.91 Å². The summed E-state index contributed by atoms with van der Waals surface area (Å²) in [5.74, 6) is -0.724. The van der Waals surface area contributed by atoms with Gasteiger partial charge in [0.1, 0.15) is 0 Å². The Balaban J connectivity index is 2.76. The van der Waals surface area contributed by atoms with E-state index >= 15 is 0 Å². The predicted molar refractivity (Wildman–Crippen MR) is 87.5 cm³/mol. The molecule has 7 nitrogen and oxygen atoms in total. The van der Waals surface area contributed by atoms with Gasteiger partial charge in [-0.05, 0) is 52.0 Å². The number of hydrogen-bond acceptors (Lipinski definition) is 4. The third kappa shape index (κ3) is 6.37. The Morgan fingerprint density at radius 3 is 2.09 bits per heavy atom. The van der Waals surface area contributed by atoms with Gasteiger partial charge < -0.3 is 10.6 Å². The second kappa shape index (κ2) is 7.56. The van der Waals surface area contributed by atoms with Crippen molar-refractivity contribution >= 4 is 21.8 Å². The highest BCUT2D eigenvalue weighted by molar-refractivity contribution is 7.89. The van der Waals surface area contributed by atoms with E-state index in [1.54, 1.807) is 27.7 Å². The number of amides is 2. The molecule has 0 fully saturated rings. The lowest BCUT2D eigenvalue weighted by molar-refractivity contribution is -0.120. The topological polar surface area (TPSA) is 104 Å². The second-order valence-corrected chi connectivity index (χ2v) is 7.70. The second-order valence-electron chi connectivity index (χ2n) is 6.02. The van der Waals surface area contributed by atoms with Crippen molar-refractivity contribution < 1.29 is 18.0 Å². The molecule has 0 aliphatic heterocycles. The lowest BCUT2D eigenvalue weighted by Crippen LogP contribution is -2.40. The van der Waals surface area contributed by atoms with Gasteiger partial charge in [0.2, 0.25) is 15.9 Å². The minimum Gasteiger partial charge on any atom is -0.355 e. The fraction of sp³-hybridized carbons (Fsp3) is 0.467. The standard InChI is InChI=1S/C15H23N3O4S/c1-5-16-13(19)10-17-14(20)11-6-8-12(9-7-11)23(21,22)18-15(2,3)4/h6-9,18H,5,10H2,1-4H3,(H,16,19)(H,17,20). The normalized spacial score (nSPS) is 11.8. The van der Waals surface area contributed by atoms with Crippen molar-refractivity contribution in [2.45, 2.75) is 38.1 Å². The summed E-state index contributed by atoms with van der Waals surface area (Å²) in [7, 11) is -3.64. The first-order chi connectivity index (χ1) is 10.5. The Morgan fingerprint density at radius 2 is 1.61 bits per heavy atom. The maximum absolute atomic E-state index is 12.2. The molecule has 0 aliphatic rings. The van der Waals surface area contributed by atoms with E-state index in [1.165, 1.54) is 24.3 Å². The van der Waals surface area contributed by atoms with Gasteiger partial charge in [-0.3, -0.25) is 9.59 Å². The summed E-state index contributed by atoms with van der Waals surface area (Å²) >= 11 is 0. The number of carbonyl (C=O) groups is 2. The number of nitrogens with one attached hydrogen (secondary N) is 3. The molecule has 0 aliphatic carbocycles. The maximum atomic E-state index is 12.2. The minimum atomic E-state index is -3.64. The molecule has 0 saturated heterocycles. The predicted octanol–water partition coefficient (Wildman–Crippen LogP) is 0.629. The SMILES string of the molecule is CCNC(=O)CNC(=O)c1ccc(S(=O)(=O)NC(C)(C)C)cc1.